The molecule has 0 heterocycles. The van der Waals surface area contributed by atoms with E-state index in [9.17, 15) is 8.42 Å². The lowest BCUT2D eigenvalue weighted by atomic mass is 10.2. The topological polar surface area (TPSA) is 72.2 Å². The van der Waals surface area contributed by atoms with Gasteiger partial charge in [-0.05, 0) is 43.2 Å². The molecule has 0 aliphatic carbocycles. The molecule has 4 nitrogen and oxygen atoms in total. The van der Waals surface area contributed by atoms with Crippen molar-refractivity contribution in [2.75, 3.05) is 5.73 Å². The minimum atomic E-state index is -3.51. The average molecular weight is 290 g/mol. The van der Waals surface area contributed by atoms with Crippen molar-refractivity contribution in [3.05, 3.63) is 59.2 Å². The van der Waals surface area contributed by atoms with Crippen molar-refractivity contribution in [2.45, 2.75) is 25.3 Å². The zero-order chi connectivity index (χ0) is 14.8. The molecule has 3 N–H and O–H groups in total. The first kappa shape index (κ1) is 14.6. The van der Waals surface area contributed by atoms with Crippen LogP contribution in [0.1, 0.15) is 16.7 Å². The Bertz CT molecular complexity index is 724. The molecule has 0 radical (unpaired) electrons. The van der Waals surface area contributed by atoms with Crippen LogP contribution in [0.15, 0.2) is 47.4 Å². The second-order valence-corrected chi connectivity index (χ2v) is 6.57. The lowest BCUT2D eigenvalue weighted by Gasteiger charge is -2.10. The van der Waals surface area contributed by atoms with Crippen LogP contribution in [0.25, 0.3) is 0 Å². The van der Waals surface area contributed by atoms with Gasteiger partial charge < -0.3 is 5.73 Å². The second-order valence-electron chi connectivity index (χ2n) is 4.84. The Kier molecular flexibility index (Phi) is 4.11. The minimum Gasteiger partial charge on any atom is -0.399 e. The van der Waals surface area contributed by atoms with E-state index in [2.05, 4.69) is 4.72 Å². The van der Waals surface area contributed by atoms with Crippen LogP contribution in [0.2, 0.25) is 0 Å². The number of anilines is 1. The predicted octanol–water partition coefficient (Wildman–Crippen LogP) is 2.36. The standard InChI is InChI=1S/C15H18N2O2S/c1-11-6-7-15(12(2)8-11)20(18,19)17-10-13-4-3-5-14(16)9-13/h3-9,17H,10,16H2,1-2H3. The van der Waals surface area contributed by atoms with E-state index in [0.29, 0.717) is 10.6 Å². The Morgan fingerprint density at radius 1 is 1.10 bits per heavy atom. The normalized spacial score (nSPS) is 11.5. The van der Waals surface area contributed by atoms with Crippen molar-refractivity contribution in [1.29, 1.82) is 0 Å². The van der Waals surface area contributed by atoms with E-state index in [1.54, 1.807) is 37.3 Å². The Hall–Kier alpha value is -1.85. The number of hydrogen-bond acceptors (Lipinski definition) is 3. The molecular formula is C15H18N2O2S. The molecule has 0 spiro atoms. The van der Waals surface area contributed by atoms with E-state index in [0.717, 1.165) is 16.7 Å². The second kappa shape index (κ2) is 5.64. The molecular weight excluding hydrogens is 272 g/mol. The average Bonchev–Trinajstić information content (AvgIpc) is 2.36. The monoisotopic (exact) mass is 290 g/mol. The fraction of sp³-hybridized carbons (Fsp3) is 0.200. The summed E-state index contributed by atoms with van der Waals surface area (Å²) in [4.78, 5) is 0.312. The first-order valence-electron chi connectivity index (χ1n) is 6.30. The van der Waals surface area contributed by atoms with Gasteiger partial charge in [-0.15, -0.1) is 0 Å². The maximum absolute atomic E-state index is 12.3. The van der Waals surface area contributed by atoms with Crippen LogP contribution in [-0.4, -0.2) is 8.42 Å². The molecule has 0 bridgehead atoms. The van der Waals surface area contributed by atoms with Crippen molar-refractivity contribution >= 4 is 15.7 Å². The first-order chi connectivity index (χ1) is 9.38. The lowest BCUT2D eigenvalue weighted by molar-refractivity contribution is 0.580. The Labute approximate surface area is 119 Å². The molecule has 0 unspecified atom stereocenters. The summed E-state index contributed by atoms with van der Waals surface area (Å²) in [5.74, 6) is 0. The van der Waals surface area contributed by atoms with E-state index in [-0.39, 0.29) is 6.54 Å². The molecule has 2 aromatic carbocycles. The lowest BCUT2D eigenvalue weighted by Crippen LogP contribution is -2.24. The highest BCUT2D eigenvalue weighted by molar-refractivity contribution is 7.89. The van der Waals surface area contributed by atoms with E-state index in [4.69, 9.17) is 5.73 Å². The van der Waals surface area contributed by atoms with Gasteiger partial charge in [0.15, 0.2) is 0 Å². The molecule has 0 atom stereocenters. The van der Waals surface area contributed by atoms with Gasteiger partial charge in [-0.25, -0.2) is 13.1 Å². The van der Waals surface area contributed by atoms with Gasteiger partial charge in [-0.1, -0.05) is 29.8 Å². The molecule has 0 aliphatic heterocycles. The molecule has 0 amide bonds. The minimum absolute atomic E-state index is 0.223. The van der Waals surface area contributed by atoms with Gasteiger partial charge in [0.25, 0.3) is 0 Å². The number of hydrogen-bond donors (Lipinski definition) is 2. The predicted molar refractivity (Wildman–Crippen MR) is 80.8 cm³/mol. The quantitative estimate of drug-likeness (QED) is 0.849. The van der Waals surface area contributed by atoms with Crippen molar-refractivity contribution in [3.63, 3.8) is 0 Å². The molecule has 0 aliphatic rings. The third kappa shape index (κ3) is 3.37. The maximum Gasteiger partial charge on any atom is 0.241 e. The van der Waals surface area contributed by atoms with Gasteiger partial charge in [0, 0.05) is 12.2 Å². The summed E-state index contributed by atoms with van der Waals surface area (Å²) < 4.78 is 27.2. The van der Waals surface area contributed by atoms with Crippen molar-refractivity contribution < 1.29 is 8.42 Å². The van der Waals surface area contributed by atoms with Crippen molar-refractivity contribution in [2.24, 2.45) is 0 Å². The van der Waals surface area contributed by atoms with Gasteiger partial charge in [0.2, 0.25) is 10.0 Å². The van der Waals surface area contributed by atoms with Crippen LogP contribution < -0.4 is 10.5 Å². The number of rotatable bonds is 4. The molecule has 0 aromatic heterocycles. The van der Waals surface area contributed by atoms with Gasteiger partial charge in [0.05, 0.1) is 4.90 Å². The van der Waals surface area contributed by atoms with Gasteiger partial charge >= 0.3 is 0 Å². The number of aryl methyl sites for hydroxylation is 2. The number of benzene rings is 2. The molecule has 0 fully saturated rings. The molecule has 0 saturated carbocycles. The van der Waals surface area contributed by atoms with Crippen molar-refractivity contribution in [1.82, 2.24) is 4.72 Å². The van der Waals surface area contributed by atoms with Crippen LogP contribution in [0.5, 0.6) is 0 Å². The van der Waals surface area contributed by atoms with E-state index in [1.165, 1.54) is 0 Å². The van der Waals surface area contributed by atoms with Crippen LogP contribution in [0.4, 0.5) is 5.69 Å². The van der Waals surface area contributed by atoms with Gasteiger partial charge in [-0.3, -0.25) is 0 Å². The Balaban J connectivity index is 2.19. The molecule has 5 heteroatoms. The Morgan fingerprint density at radius 3 is 2.50 bits per heavy atom. The highest BCUT2D eigenvalue weighted by Gasteiger charge is 2.16. The van der Waals surface area contributed by atoms with Gasteiger partial charge in [0.1, 0.15) is 0 Å². The summed E-state index contributed by atoms with van der Waals surface area (Å²) >= 11 is 0. The maximum atomic E-state index is 12.3. The first-order valence-corrected chi connectivity index (χ1v) is 7.78. The zero-order valence-electron chi connectivity index (χ0n) is 11.6. The summed E-state index contributed by atoms with van der Waals surface area (Å²) in [6.45, 7) is 3.95. The molecule has 2 rings (SSSR count). The Morgan fingerprint density at radius 2 is 1.85 bits per heavy atom. The fourth-order valence-corrected chi connectivity index (χ4v) is 3.30. The summed E-state index contributed by atoms with van der Waals surface area (Å²) in [5.41, 5.74) is 8.90. The summed E-state index contributed by atoms with van der Waals surface area (Å²) in [7, 11) is -3.51. The smallest absolute Gasteiger partial charge is 0.241 e. The number of nitrogen functional groups attached to an aromatic ring is 1. The van der Waals surface area contributed by atoms with E-state index in [1.807, 2.05) is 19.1 Å². The van der Waals surface area contributed by atoms with Crippen LogP contribution >= 0.6 is 0 Å². The largest absolute Gasteiger partial charge is 0.399 e. The van der Waals surface area contributed by atoms with Crippen LogP contribution in [-0.2, 0) is 16.6 Å². The summed E-state index contributed by atoms with van der Waals surface area (Å²) in [6.07, 6.45) is 0. The number of nitrogens with one attached hydrogen (secondary N) is 1. The number of nitrogens with two attached hydrogens (primary N) is 1. The molecule has 106 valence electrons. The van der Waals surface area contributed by atoms with Crippen LogP contribution in [0, 0.1) is 13.8 Å². The third-order valence-electron chi connectivity index (χ3n) is 3.04. The van der Waals surface area contributed by atoms with E-state index >= 15 is 0 Å². The third-order valence-corrected chi connectivity index (χ3v) is 4.60. The highest BCUT2D eigenvalue weighted by Crippen LogP contribution is 2.17. The molecule has 2 aromatic rings. The highest BCUT2D eigenvalue weighted by atomic mass is 32.2. The van der Waals surface area contributed by atoms with E-state index < -0.39 is 10.0 Å². The van der Waals surface area contributed by atoms with Gasteiger partial charge in [-0.2, -0.15) is 0 Å². The SMILES string of the molecule is Cc1ccc(S(=O)(=O)NCc2cccc(N)c2)c(C)c1. The molecule has 0 saturated heterocycles. The van der Waals surface area contributed by atoms with Crippen molar-refractivity contribution in [3.8, 4) is 0 Å². The zero-order valence-corrected chi connectivity index (χ0v) is 12.4. The summed E-state index contributed by atoms with van der Waals surface area (Å²) in [5, 5.41) is 0. The fourth-order valence-electron chi connectivity index (χ4n) is 2.06. The summed E-state index contributed by atoms with van der Waals surface area (Å²) in [6, 6.07) is 12.4. The number of sulfonamides is 1. The van der Waals surface area contributed by atoms with Crippen LogP contribution in [0.3, 0.4) is 0 Å². The molecule has 20 heavy (non-hydrogen) atoms.